The average molecular weight is 387 g/mol. The lowest BCUT2D eigenvalue weighted by atomic mass is 10.0. The van der Waals surface area contributed by atoms with Crippen molar-refractivity contribution < 1.29 is 4.39 Å². The first-order valence-corrected chi connectivity index (χ1v) is 7.82. The van der Waals surface area contributed by atoms with Crippen LogP contribution >= 0.6 is 28.3 Å². The molecule has 1 aliphatic rings. The number of nitrogens with one attached hydrogen (secondary N) is 1. The van der Waals surface area contributed by atoms with E-state index in [-0.39, 0.29) is 24.3 Å². The Hall–Kier alpha value is -1.01. The molecule has 0 amide bonds. The standard InChI is InChI=1S/C16H17BrFN3.ClH/c17-14-2-1-13(15(18)9-14)11-21-8-7-20-10-16(21)12-3-5-19-6-4-12;/h1-6,9,16,20H,7-8,10-11H2;1H. The van der Waals surface area contributed by atoms with E-state index in [4.69, 9.17) is 0 Å². The van der Waals surface area contributed by atoms with E-state index in [0.29, 0.717) is 6.54 Å². The van der Waals surface area contributed by atoms with Crippen molar-refractivity contribution in [2.45, 2.75) is 12.6 Å². The van der Waals surface area contributed by atoms with E-state index >= 15 is 0 Å². The molecule has 1 saturated heterocycles. The van der Waals surface area contributed by atoms with Crippen molar-refractivity contribution in [1.29, 1.82) is 0 Å². The molecular formula is C16H18BrClFN3. The van der Waals surface area contributed by atoms with Gasteiger partial charge in [-0.05, 0) is 29.8 Å². The predicted molar refractivity (Wildman–Crippen MR) is 91.6 cm³/mol. The van der Waals surface area contributed by atoms with E-state index in [2.05, 4.69) is 31.1 Å². The number of rotatable bonds is 3. The topological polar surface area (TPSA) is 28.2 Å². The molecule has 0 saturated carbocycles. The Morgan fingerprint density at radius 2 is 2.05 bits per heavy atom. The third-order valence-electron chi connectivity index (χ3n) is 3.83. The van der Waals surface area contributed by atoms with E-state index < -0.39 is 0 Å². The van der Waals surface area contributed by atoms with Gasteiger partial charge in [0.05, 0.1) is 0 Å². The lowest BCUT2D eigenvalue weighted by Crippen LogP contribution is -2.45. The highest BCUT2D eigenvalue weighted by molar-refractivity contribution is 9.10. The zero-order valence-corrected chi connectivity index (χ0v) is 14.4. The molecule has 2 aromatic rings. The Kier molecular flexibility index (Phi) is 6.32. The van der Waals surface area contributed by atoms with Crippen molar-refractivity contribution in [2.24, 2.45) is 0 Å². The largest absolute Gasteiger partial charge is 0.314 e. The molecular weight excluding hydrogens is 369 g/mol. The van der Waals surface area contributed by atoms with Gasteiger partial charge in [0.15, 0.2) is 0 Å². The number of halogens is 3. The molecule has 0 radical (unpaired) electrons. The van der Waals surface area contributed by atoms with E-state index in [1.54, 1.807) is 0 Å². The monoisotopic (exact) mass is 385 g/mol. The zero-order chi connectivity index (χ0) is 14.7. The summed E-state index contributed by atoms with van der Waals surface area (Å²) >= 11 is 3.30. The van der Waals surface area contributed by atoms with Crippen LogP contribution in [-0.4, -0.2) is 29.5 Å². The maximum atomic E-state index is 14.1. The van der Waals surface area contributed by atoms with Crippen LogP contribution in [0, 0.1) is 5.82 Å². The molecule has 1 aromatic carbocycles. The minimum absolute atomic E-state index is 0. The van der Waals surface area contributed by atoms with Gasteiger partial charge in [-0.3, -0.25) is 9.88 Å². The molecule has 1 atom stereocenters. The van der Waals surface area contributed by atoms with E-state index in [1.165, 1.54) is 11.6 Å². The van der Waals surface area contributed by atoms with Gasteiger partial charge in [0.25, 0.3) is 0 Å². The number of hydrogen-bond acceptors (Lipinski definition) is 3. The maximum Gasteiger partial charge on any atom is 0.128 e. The van der Waals surface area contributed by atoms with Crippen LogP contribution in [0.25, 0.3) is 0 Å². The molecule has 6 heteroatoms. The van der Waals surface area contributed by atoms with Gasteiger partial charge in [-0.2, -0.15) is 0 Å². The van der Waals surface area contributed by atoms with Crippen molar-refractivity contribution in [3.8, 4) is 0 Å². The molecule has 1 aliphatic heterocycles. The molecule has 1 unspecified atom stereocenters. The first-order valence-electron chi connectivity index (χ1n) is 7.02. The Morgan fingerprint density at radius 1 is 1.27 bits per heavy atom. The quantitative estimate of drug-likeness (QED) is 0.874. The summed E-state index contributed by atoms with van der Waals surface area (Å²) in [5.41, 5.74) is 1.95. The lowest BCUT2D eigenvalue weighted by molar-refractivity contribution is 0.152. The smallest absolute Gasteiger partial charge is 0.128 e. The Bertz CT molecular complexity index is 612. The average Bonchev–Trinajstić information content (AvgIpc) is 2.51. The first kappa shape index (κ1) is 17.3. The van der Waals surface area contributed by atoms with Gasteiger partial charge in [0.1, 0.15) is 5.82 Å². The molecule has 0 spiro atoms. The molecule has 118 valence electrons. The van der Waals surface area contributed by atoms with Crippen LogP contribution in [0.5, 0.6) is 0 Å². The van der Waals surface area contributed by atoms with Crippen molar-refractivity contribution in [2.75, 3.05) is 19.6 Å². The summed E-state index contributed by atoms with van der Waals surface area (Å²) in [5, 5.41) is 3.41. The Balaban J connectivity index is 0.00000176. The van der Waals surface area contributed by atoms with Crippen LogP contribution in [0.2, 0.25) is 0 Å². The lowest BCUT2D eigenvalue weighted by Gasteiger charge is -2.36. The molecule has 22 heavy (non-hydrogen) atoms. The fourth-order valence-electron chi connectivity index (χ4n) is 2.72. The summed E-state index contributed by atoms with van der Waals surface area (Å²) in [6.07, 6.45) is 3.62. The number of benzene rings is 1. The van der Waals surface area contributed by atoms with Crippen molar-refractivity contribution in [3.63, 3.8) is 0 Å². The highest BCUT2D eigenvalue weighted by Gasteiger charge is 2.24. The second-order valence-electron chi connectivity index (χ2n) is 5.21. The summed E-state index contributed by atoms with van der Waals surface area (Å²) in [7, 11) is 0. The fraction of sp³-hybridized carbons (Fsp3) is 0.312. The molecule has 1 aromatic heterocycles. The second kappa shape index (κ2) is 8.02. The second-order valence-corrected chi connectivity index (χ2v) is 6.12. The van der Waals surface area contributed by atoms with Crippen LogP contribution < -0.4 is 5.32 Å². The molecule has 3 rings (SSSR count). The summed E-state index contributed by atoms with van der Waals surface area (Å²) < 4.78 is 14.8. The highest BCUT2D eigenvalue weighted by Crippen LogP contribution is 2.25. The molecule has 1 N–H and O–H groups in total. The van der Waals surface area contributed by atoms with Crippen LogP contribution in [-0.2, 0) is 6.54 Å². The van der Waals surface area contributed by atoms with Crippen LogP contribution in [0.4, 0.5) is 4.39 Å². The SMILES string of the molecule is Cl.Fc1cc(Br)ccc1CN1CCNCC1c1ccncc1. The van der Waals surface area contributed by atoms with Gasteiger partial charge >= 0.3 is 0 Å². The van der Waals surface area contributed by atoms with Gasteiger partial charge in [-0.25, -0.2) is 4.39 Å². The predicted octanol–water partition coefficient (Wildman–Crippen LogP) is 3.55. The van der Waals surface area contributed by atoms with Crippen molar-refractivity contribution in [1.82, 2.24) is 15.2 Å². The summed E-state index contributed by atoms with van der Waals surface area (Å²) in [6, 6.07) is 9.59. The minimum atomic E-state index is -0.156. The minimum Gasteiger partial charge on any atom is -0.314 e. The van der Waals surface area contributed by atoms with Crippen molar-refractivity contribution in [3.05, 3.63) is 64.1 Å². The molecule has 0 bridgehead atoms. The number of nitrogens with zero attached hydrogens (tertiary/aromatic N) is 2. The number of pyridine rings is 1. The molecule has 0 aliphatic carbocycles. The summed E-state index contributed by atoms with van der Waals surface area (Å²) in [6.45, 7) is 3.33. The number of aromatic nitrogens is 1. The Labute approximate surface area is 144 Å². The summed E-state index contributed by atoms with van der Waals surface area (Å²) in [4.78, 5) is 6.39. The van der Waals surface area contributed by atoms with Crippen LogP contribution in [0.1, 0.15) is 17.2 Å². The first-order chi connectivity index (χ1) is 10.2. The van der Waals surface area contributed by atoms with Gasteiger partial charge < -0.3 is 5.32 Å². The van der Waals surface area contributed by atoms with Gasteiger partial charge in [-0.15, -0.1) is 12.4 Å². The maximum absolute atomic E-state index is 14.1. The van der Waals surface area contributed by atoms with Gasteiger partial charge in [-0.1, -0.05) is 22.0 Å². The van der Waals surface area contributed by atoms with Crippen LogP contribution in [0.3, 0.4) is 0 Å². The fourth-order valence-corrected chi connectivity index (χ4v) is 3.05. The van der Waals surface area contributed by atoms with Crippen molar-refractivity contribution >= 4 is 28.3 Å². The molecule has 3 nitrogen and oxygen atoms in total. The van der Waals surface area contributed by atoms with Gasteiger partial charge in [0.2, 0.25) is 0 Å². The third-order valence-corrected chi connectivity index (χ3v) is 4.33. The zero-order valence-electron chi connectivity index (χ0n) is 12.0. The molecule has 2 heterocycles. The third kappa shape index (κ3) is 4.04. The van der Waals surface area contributed by atoms with E-state index in [9.17, 15) is 4.39 Å². The van der Waals surface area contributed by atoms with Gasteiger partial charge in [0, 0.05) is 54.7 Å². The van der Waals surface area contributed by atoms with E-state index in [0.717, 1.165) is 29.7 Å². The number of hydrogen-bond donors (Lipinski definition) is 1. The number of piperazine rings is 1. The Morgan fingerprint density at radius 3 is 2.77 bits per heavy atom. The van der Waals surface area contributed by atoms with Crippen LogP contribution in [0.15, 0.2) is 47.2 Å². The van der Waals surface area contributed by atoms with E-state index in [1.807, 2.05) is 36.7 Å². The normalized spacial score (nSPS) is 18.7. The summed E-state index contributed by atoms with van der Waals surface area (Å²) in [5.74, 6) is -0.156. The molecule has 1 fully saturated rings. The highest BCUT2D eigenvalue weighted by atomic mass is 79.9.